The van der Waals surface area contributed by atoms with E-state index in [2.05, 4.69) is 22.4 Å². The molecule has 1 aliphatic rings. The summed E-state index contributed by atoms with van der Waals surface area (Å²) < 4.78 is 1.93. The lowest BCUT2D eigenvalue weighted by atomic mass is 9.69. The van der Waals surface area contributed by atoms with Crippen LogP contribution in [0.5, 0.6) is 0 Å². The fraction of sp³-hybridized carbons (Fsp3) is 0.412. The Bertz CT molecular complexity index is 612. The average Bonchev–Trinajstić information content (AvgIpc) is 2.94. The van der Waals surface area contributed by atoms with Crippen LogP contribution in [0, 0.1) is 0 Å². The van der Waals surface area contributed by atoms with Crippen LogP contribution < -0.4 is 5.32 Å². The zero-order chi connectivity index (χ0) is 14.7. The average molecular weight is 283 g/mol. The highest BCUT2D eigenvalue weighted by Gasteiger charge is 2.40. The predicted molar refractivity (Wildman–Crippen MR) is 82.1 cm³/mol. The normalized spacial score (nSPS) is 17.6. The predicted octanol–water partition coefficient (Wildman–Crippen LogP) is 1.85. The number of benzene rings is 1. The molecular formula is C17H21N3O. The molecule has 0 amide bonds. The van der Waals surface area contributed by atoms with Crippen molar-refractivity contribution in [1.82, 2.24) is 14.9 Å². The van der Waals surface area contributed by atoms with E-state index in [1.165, 1.54) is 0 Å². The highest BCUT2D eigenvalue weighted by molar-refractivity contribution is 5.91. The maximum absolute atomic E-state index is 13.1. The number of carbonyl (C=O) groups is 1. The number of imidazole rings is 1. The zero-order valence-electron chi connectivity index (χ0n) is 12.4. The van der Waals surface area contributed by atoms with E-state index in [9.17, 15) is 4.79 Å². The molecule has 0 saturated carbocycles. The molecule has 1 aromatic heterocycles. The molecule has 2 aromatic rings. The minimum Gasteiger partial charge on any atom is -0.338 e. The van der Waals surface area contributed by atoms with Gasteiger partial charge in [0.25, 0.3) is 0 Å². The van der Waals surface area contributed by atoms with Crippen LogP contribution in [0.25, 0.3) is 0 Å². The van der Waals surface area contributed by atoms with Crippen LogP contribution in [0.15, 0.2) is 42.7 Å². The third kappa shape index (κ3) is 2.63. The maximum Gasteiger partial charge on any atom is 0.150 e. The van der Waals surface area contributed by atoms with E-state index in [-0.39, 0.29) is 11.2 Å². The molecule has 1 fully saturated rings. The van der Waals surface area contributed by atoms with Gasteiger partial charge < -0.3 is 9.88 Å². The molecular weight excluding hydrogens is 262 g/mol. The molecule has 0 unspecified atom stereocenters. The SMILES string of the molecule is Cn1ccnc1CC(=O)C1(c2ccccc2)CCNCC1. The van der Waals surface area contributed by atoms with Gasteiger partial charge in [-0.1, -0.05) is 30.3 Å². The number of rotatable bonds is 4. The number of aryl methyl sites for hydroxylation is 1. The Morgan fingerprint density at radius 2 is 2.00 bits per heavy atom. The summed E-state index contributed by atoms with van der Waals surface area (Å²) >= 11 is 0. The first kappa shape index (κ1) is 14.0. The number of hydrogen-bond acceptors (Lipinski definition) is 3. The van der Waals surface area contributed by atoms with Gasteiger partial charge in [-0.2, -0.15) is 0 Å². The number of ketones is 1. The third-order valence-corrected chi connectivity index (χ3v) is 4.56. The summed E-state index contributed by atoms with van der Waals surface area (Å²) in [5.41, 5.74) is 0.782. The van der Waals surface area contributed by atoms with E-state index < -0.39 is 0 Å². The van der Waals surface area contributed by atoms with Crippen LogP contribution in [-0.2, 0) is 23.7 Å². The van der Waals surface area contributed by atoms with Crippen LogP contribution in [-0.4, -0.2) is 28.4 Å². The van der Waals surface area contributed by atoms with Gasteiger partial charge in [-0.05, 0) is 31.5 Å². The van der Waals surface area contributed by atoms with Gasteiger partial charge in [0.1, 0.15) is 5.82 Å². The summed E-state index contributed by atoms with van der Waals surface area (Å²) in [6.07, 6.45) is 5.76. The fourth-order valence-corrected chi connectivity index (χ4v) is 3.22. The highest BCUT2D eigenvalue weighted by Crippen LogP contribution is 2.35. The minimum atomic E-state index is -0.363. The topological polar surface area (TPSA) is 46.9 Å². The second-order valence-corrected chi connectivity index (χ2v) is 5.75. The van der Waals surface area contributed by atoms with Gasteiger partial charge in [0.2, 0.25) is 0 Å². The molecule has 0 radical (unpaired) electrons. The zero-order valence-corrected chi connectivity index (χ0v) is 12.4. The second kappa shape index (κ2) is 5.82. The van der Waals surface area contributed by atoms with E-state index in [0.29, 0.717) is 6.42 Å². The van der Waals surface area contributed by atoms with Crippen LogP contribution >= 0.6 is 0 Å². The van der Waals surface area contributed by atoms with Crippen molar-refractivity contribution in [3.05, 3.63) is 54.1 Å². The molecule has 0 bridgehead atoms. The van der Waals surface area contributed by atoms with Crippen LogP contribution in [0.2, 0.25) is 0 Å². The molecule has 1 aliphatic heterocycles. The summed E-state index contributed by atoms with van der Waals surface area (Å²) in [6.45, 7) is 1.78. The quantitative estimate of drug-likeness (QED) is 0.931. The summed E-state index contributed by atoms with van der Waals surface area (Å²) in [6, 6.07) is 10.2. The number of nitrogens with one attached hydrogen (secondary N) is 1. The van der Waals surface area contributed by atoms with E-state index in [0.717, 1.165) is 37.3 Å². The van der Waals surface area contributed by atoms with Gasteiger partial charge in [-0.25, -0.2) is 4.98 Å². The van der Waals surface area contributed by atoms with E-state index in [1.54, 1.807) is 6.20 Å². The van der Waals surface area contributed by atoms with Crippen molar-refractivity contribution >= 4 is 5.78 Å². The van der Waals surface area contributed by atoms with E-state index >= 15 is 0 Å². The largest absolute Gasteiger partial charge is 0.338 e. The van der Waals surface area contributed by atoms with Crippen LogP contribution in [0.4, 0.5) is 0 Å². The molecule has 1 saturated heterocycles. The van der Waals surface area contributed by atoms with Crippen molar-refractivity contribution in [2.45, 2.75) is 24.7 Å². The standard InChI is InChI=1S/C17H21N3O/c1-20-12-11-19-16(20)13-15(21)17(7-9-18-10-8-17)14-5-3-2-4-6-14/h2-6,11-12,18H,7-10,13H2,1H3. The maximum atomic E-state index is 13.1. The Balaban J connectivity index is 1.92. The molecule has 0 atom stereocenters. The lowest BCUT2D eigenvalue weighted by Gasteiger charge is -2.36. The first-order chi connectivity index (χ1) is 10.2. The number of aromatic nitrogens is 2. The molecule has 4 heteroatoms. The lowest BCUT2D eigenvalue weighted by Crippen LogP contribution is -2.46. The first-order valence-corrected chi connectivity index (χ1v) is 7.48. The minimum absolute atomic E-state index is 0.282. The number of carbonyl (C=O) groups excluding carboxylic acids is 1. The van der Waals surface area contributed by atoms with Crippen molar-refractivity contribution in [2.24, 2.45) is 7.05 Å². The first-order valence-electron chi connectivity index (χ1n) is 7.48. The van der Waals surface area contributed by atoms with Crippen molar-refractivity contribution in [2.75, 3.05) is 13.1 Å². The molecule has 2 heterocycles. The highest BCUT2D eigenvalue weighted by atomic mass is 16.1. The van der Waals surface area contributed by atoms with Gasteiger partial charge in [0.15, 0.2) is 5.78 Å². The molecule has 0 aliphatic carbocycles. The van der Waals surface area contributed by atoms with E-state index in [1.807, 2.05) is 36.0 Å². The van der Waals surface area contributed by atoms with Gasteiger partial charge in [0, 0.05) is 19.4 Å². The molecule has 4 nitrogen and oxygen atoms in total. The molecule has 1 aromatic carbocycles. The summed E-state index contributed by atoms with van der Waals surface area (Å²) in [5.74, 6) is 1.12. The fourth-order valence-electron chi connectivity index (χ4n) is 3.22. The Kier molecular flexibility index (Phi) is 3.88. The Labute approximate surface area is 125 Å². The Morgan fingerprint density at radius 3 is 2.62 bits per heavy atom. The lowest BCUT2D eigenvalue weighted by molar-refractivity contribution is -0.125. The van der Waals surface area contributed by atoms with E-state index in [4.69, 9.17) is 0 Å². The number of hydrogen-bond donors (Lipinski definition) is 1. The number of nitrogens with zero attached hydrogens (tertiary/aromatic N) is 2. The second-order valence-electron chi connectivity index (χ2n) is 5.75. The van der Waals surface area contributed by atoms with Gasteiger partial charge in [-0.3, -0.25) is 4.79 Å². The third-order valence-electron chi connectivity index (χ3n) is 4.56. The van der Waals surface area contributed by atoms with Gasteiger partial charge in [-0.15, -0.1) is 0 Å². The summed E-state index contributed by atoms with van der Waals surface area (Å²) in [4.78, 5) is 17.4. The van der Waals surface area contributed by atoms with Gasteiger partial charge in [0.05, 0.1) is 11.8 Å². The Hall–Kier alpha value is -1.94. The van der Waals surface area contributed by atoms with Crippen molar-refractivity contribution < 1.29 is 4.79 Å². The monoisotopic (exact) mass is 283 g/mol. The van der Waals surface area contributed by atoms with Crippen LogP contribution in [0.3, 0.4) is 0 Å². The number of Topliss-reactive ketones (excluding diaryl/α,β-unsaturated/α-hetero) is 1. The Morgan fingerprint density at radius 1 is 1.29 bits per heavy atom. The molecule has 1 N–H and O–H groups in total. The summed E-state index contributed by atoms with van der Waals surface area (Å²) in [5, 5.41) is 3.36. The summed E-state index contributed by atoms with van der Waals surface area (Å²) in [7, 11) is 1.94. The molecule has 21 heavy (non-hydrogen) atoms. The van der Waals surface area contributed by atoms with Crippen molar-refractivity contribution in [3.63, 3.8) is 0 Å². The van der Waals surface area contributed by atoms with Crippen molar-refractivity contribution in [3.8, 4) is 0 Å². The molecule has 0 spiro atoms. The number of piperidine rings is 1. The molecule has 3 rings (SSSR count). The van der Waals surface area contributed by atoms with Crippen LogP contribution in [0.1, 0.15) is 24.2 Å². The van der Waals surface area contributed by atoms with Gasteiger partial charge >= 0.3 is 0 Å². The molecule has 110 valence electrons. The van der Waals surface area contributed by atoms with Crippen molar-refractivity contribution in [1.29, 1.82) is 0 Å². The smallest absolute Gasteiger partial charge is 0.150 e.